The Kier molecular flexibility index (Phi) is 8.00. The predicted molar refractivity (Wildman–Crippen MR) is 80.5 cm³/mol. The fourth-order valence-corrected chi connectivity index (χ4v) is 1.78. The Labute approximate surface area is 136 Å². The second-order valence-corrected chi connectivity index (χ2v) is 8.77. The van der Waals surface area contributed by atoms with Crippen molar-refractivity contribution in [3.8, 4) is 0 Å². The number of carbonyl (C=O) groups excluding carboxylic acids is 2. The van der Waals surface area contributed by atoms with Crippen LogP contribution < -0.4 is 0 Å². The summed E-state index contributed by atoms with van der Waals surface area (Å²) in [4.78, 5) is 23.0. The maximum Gasteiger partial charge on any atom is 0.313 e. The van der Waals surface area contributed by atoms with Crippen molar-refractivity contribution in [1.82, 2.24) is 0 Å². The van der Waals surface area contributed by atoms with E-state index in [-0.39, 0.29) is 0 Å². The Hall–Kier alpha value is -0.850. The van der Waals surface area contributed by atoms with E-state index in [0.29, 0.717) is 6.92 Å². The Bertz CT molecular complexity index is 377. The highest BCUT2D eigenvalue weighted by Gasteiger charge is 2.39. The minimum Gasteiger partial charge on any atom is -0.438 e. The molecule has 0 heterocycles. The van der Waals surface area contributed by atoms with Crippen molar-refractivity contribution >= 4 is 20.3 Å². The summed E-state index contributed by atoms with van der Waals surface area (Å²) in [7, 11) is -2.72. The highest BCUT2D eigenvalue weighted by Crippen LogP contribution is 2.53. The molecule has 0 rings (SSSR count). The van der Waals surface area contributed by atoms with Gasteiger partial charge in [0.05, 0.1) is 10.8 Å². The van der Waals surface area contributed by atoms with Crippen molar-refractivity contribution in [1.29, 1.82) is 0 Å². The third kappa shape index (κ3) is 9.13. The van der Waals surface area contributed by atoms with Gasteiger partial charge in [0.1, 0.15) is 0 Å². The molecule has 136 valence electrons. The minimum atomic E-state index is -3.31. The Balaban J connectivity index is 4.41. The molecule has 0 aliphatic rings. The number of alkyl halides is 2. The van der Waals surface area contributed by atoms with Crippen LogP contribution in [-0.4, -0.2) is 31.2 Å². The van der Waals surface area contributed by atoms with Crippen LogP contribution in [0.4, 0.5) is 8.78 Å². The molecule has 0 N–H and O–H groups in total. The normalized spacial score (nSPS) is 13.1. The molecule has 0 aliphatic carbocycles. The molecule has 0 bridgehead atoms. The van der Waals surface area contributed by atoms with E-state index in [4.69, 9.17) is 18.5 Å². The number of halogens is 2. The zero-order valence-corrected chi connectivity index (χ0v) is 15.5. The number of hydrogen-bond acceptors (Lipinski definition) is 6. The maximum absolute atomic E-state index is 13.4. The summed E-state index contributed by atoms with van der Waals surface area (Å²) in [6.45, 7) is 8.99. The van der Waals surface area contributed by atoms with Gasteiger partial charge in [0.2, 0.25) is 0 Å². The van der Waals surface area contributed by atoms with Crippen molar-refractivity contribution in [2.24, 2.45) is 10.8 Å². The van der Waals surface area contributed by atoms with Crippen LogP contribution in [0.3, 0.4) is 0 Å². The van der Waals surface area contributed by atoms with Crippen molar-refractivity contribution < 1.29 is 36.9 Å². The van der Waals surface area contributed by atoms with Crippen LogP contribution in [0.2, 0.25) is 0 Å². The van der Waals surface area contributed by atoms with Crippen LogP contribution >= 0.6 is 8.38 Å². The lowest BCUT2D eigenvalue weighted by molar-refractivity contribution is -0.162. The molecule has 0 spiro atoms. The van der Waals surface area contributed by atoms with Crippen LogP contribution in [0.5, 0.6) is 0 Å². The molecule has 0 amide bonds. The molecule has 0 saturated carbocycles. The standard InChI is InChI=1S/C14H25F2O6P/c1-12(2,3)10(17)19-8-21-23(14(7,15)16)22-9-20-11(18)13(4,5)6/h8-9H2,1-7H3. The quantitative estimate of drug-likeness (QED) is 0.389. The molecule has 6 nitrogen and oxygen atoms in total. The third-order valence-corrected chi connectivity index (χ3v) is 3.59. The summed E-state index contributed by atoms with van der Waals surface area (Å²) >= 11 is 0. The summed E-state index contributed by atoms with van der Waals surface area (Å²) in [5, 5.41) is 0. The lowest BCUT2D eigenvalue weighted by atomic mass is 9.98. The van der Waals surface area contributed by atoms with E-state index in [9.17, 15) is 18.4 Å². The molecule has 0 atom stereocenters. The van der Waals surface area contributed by atoms with Gasteiger partial charge in [0, 0.05) is 6.92 Å². The van der Waals surface area contributed by atoms with Crippen LogP contribution in [0.15, 0.2) is 0 Å². The highest BCUT2D eigenvalue weighted by molar-refractivity contribution is 7.48. The van der Waals surface area contributed by atoms with E-state index in [0.717, 1.165) is 0 Å². The molecule has 0 aromatic heterocycles. The monoisotopic (exact) mass is 358 g/mol. The third-order valence-electron chi connectivity index (χ3n) is 2.27. The van der Waals surface area contributed by atoms with Crippen LogP contribution in [0, 0.1) is 10.8 Å². The van der Waals surface area contributed by atoms with E-state index in [1.807, 2.05) is 0 Å². The van der Waals surface area contributed by atoms with E-state index < -0.39 is 50.4 Å². The van der Waals surface area contributed by atoms with Gasteiger partial charge in [-0.3, -0.25) is 18.6 Å². The molecular weight excluding hydrogens is 333 g/mol. The number of rotatable bonds is 7. The molecule has 0 aliphatic heterocycles. The molecule has 9 heteroatoms. The second kappa shape index (κ2) is 8.31. The number of ether oxygens (including phenoxy) is 2. The maximum atomic E-state index is 13.4. The van der Waals surface area contributed by atoms with Crippen LogP contribution in [0.1, 0.15) is 48.5 Å². The Morgan fingerprint density at radius 2 is 1.09 bits per heavy atom. The van der Waals surface area contributed by atoms with Gasteiger partial charge in [-0.2, -0.15) is 8.78 Å². The molecule has 0 unspecified atom stereocenters. The molecule has 23 heavy (non-hydrogen) atoms. The van der Waals surface area contributed by atoms with Gasteiger partial charge < -0.3 is 9.47 Å². The van der Waals surface area contributed by atoms with Crippen molar-refractivity contribution in [3.05, 3.63) is 0 Å². The predicted octanol–water partition coefficient (Wildman–Crippen LogP) is 4.04. The van der Waals surface area contributed by atoms with Crippen molar-refractivity contribution in [3.63, 3.8) is 0 Å². The Morgan fingerprint density at radius 1 is 0.783 bits per heavy atom. The van der Waals surface area contributed by atoms with E-state index >= 15 is 0 Å². The van der Waals surface area contributed by atoms with Crippen molar-refractivity contribution in [2.75, 3.05) is 13.6 Å². The lowest BCUT2D eigenvalue weighted by Crippen LogP contribution is -2.25. The summed E-state index contributed by atoms with van der Waals surface area (Å²) in [5.41, 5.74) is -4.86. The first-order valence-electron chi connectivity index (χ1n) is 6.94. The van der Waals surface area contributed by atoms with E-state index in [1.54, 1.807) is 41.5 Å². The average molecular weight is 358 g/mol. The number of carbonyl (C=O) groups is 2. The topological polar surface area (TPSA) is 71.1 Å². The molecule has 0 fully saturated rings. The fourth-order valence-electron chi connectivity index (χ4n) is 0.952. The number of hydrogen-bond donors (Lipinski definition) is 0. The second-order valence-electron chi connectivity index (χ2n) is 6.96. The molecule has 0 aromatic carbocycles. The van der Waals surface area contributed by atoms with E-state index in [1.165, 1.54) is 0 Å². The molecular formula is C14H25F2O6P. The van der Waals surface area contributed by atoms with Gasteiger partial charge >= 0.3 is 17.6 Å². The summed E-state index contributed by atoms with van der Waals surface area (Å²) in [5.74, 6) is -1.18. The van der Waals surface area contributed by atoms with E-state index in [2.05, 4.69) is 0 Å². The largest absolute Gasteiger partial charge is 0.438 e. The smallest absolute Gasteiger partial charge is 0.313 e. The van der Waals surface area contributed by atoms with Gasteiger partial charge in [-0.1, -0.05) is 0 Å². The zero-order valence-electron chi connectivity index (χ0n) is 14.6. The lowest BCUT2D eigenvalue weighted by Gasteiger charge is -2.24. The number of esters is 2. The highest BCUT2D eigenvalue weighted by atomic mass is 31.2. The molecule has 0 saturated heterocycles. The first-order valence-corrected chi connectivity index (χ1v) is 8.12. The Morgan fingerprint density at radius 3 is 1.30 bits per heavy atom. The summed E-state index contributed by atoms with van der Waals surface area (Å²) in [6, 6.07) is 0. The van der Waals surface area contributed by atoms with Gasteiger partial charge in [-0.15, -0.1) is 0 Å². The summed E-state index contributed by atoms with van der Waals surface area (Å²) in [6.07, 6.45) is 0. The molecule has 0 aromatic rings. The van der Waals surface area contributed by atoms with Crippen LogP contribution in [-0.2, 0) is 28.1 Å². The van der Waals surface area contributed by atoms with Gasteiger partial charge in [0.25, 0.3) is 8.38 Å². The SMILES string of the molecule is CC(C)(C)C(=O)OCOP(OCOC(=O)C(C)(C)C)C(C)(F)F. The fraction of sp³-hybridized carbons (Fsp3) is 0.857. The first kappa shape index (κ1) is 22.1. The minimum absolute atomic E-state index is 0.592. The first-order chi connectivity index (χ1) is 10.2. The molecule has 0 radical (unpaired) electrons. The van der Waals surface area contributed by atoms with Gasteiger partial charge in [-0.05, 0) is 41.5 Å². The van der Waals surface area contributed by atoms with Crippen molar-refractivity contribution in [2.45, 2.75) is 54.1 Å². The van der Waals surface area contributed by atoms with Gasteiger partial charge in [0.15, 0.2) is 13.6 Å². The average Bonchev–Trinajstić information content (AvgIpc) is 2.32. The summed E-state index contributed by atoms with van der Waals surface area (Å²) < 4.78 is 45.9. The zero-order chi connectivity index (χ0) is 18.5. The van der Waals surface area contributed by atoms with Crippen LogP contribution in [0.25, 0.3) is 0 Å². The van der Waals surface area contributed by atoms with Gasteiger partial charge in [-0.25, -0.2) is 0 Å².